The van der Waals surface area contributed by atoms with Crippen LogP contribution < -0.4 is 0 Å². The molecule has 0 amide bonds. The van der Waals surface area contributed by atoms with E-state index in [1.807, 2.05) is 0 Å². The van der Waals surface area contributed by atoms with E-state index in [-0.39, 0.29) is 12.6 Å². The predicted octanol–water partition coefficient (Wildman–Crippen LogP) is 0.835. The smallest absolute Gasteiger partial charge is 0.243 e. The summed E-state index contributed by atoms with van der Waals surface area (Å²) < 4.78 is 5.11. The minimum absolute atomic E-state index is 0.236. The van der Waals surface area contributed by atoms with E-state index in [1.54, 1.807) is 0 Å². The molecule has 0 radical (unpaired) electrons. The van der Waals surface area contributed by atoms with Gasteiger partial charge < -0.3 is 9.63 Å². The lowest BCUT2D eigenvalue weighted by atomic mass is 9.96. The van der Waals surface area contributed by atoms with Crippen LogP contribution >= 0.6 is 0 Å². The molecular weight excluding hydrogens is 194 g/mol. The summed E-state index contributed by atoms with van der Waals surface area (Å²) in [5, 5.41) is 12.6. The first-order valence-corrected chi connectivity index (χ1v) is 5.46. The number of rotatable bonds is 5. The average molecular weight is 211 g/mol. The molecule has 5 nitrogen and oxygen atoms in total. The van der Waals surface area contributed by atoms with Crippen molar-refractivity contribution in [3.63, 3.8) is 0 Å². The van der Waals surface area contributed by atoms with Crippen molar-refractivity contribution < 1.29 is 9.63 Å². The van der Waals surface area contributed by atoms with Crippen molar-refractivity contribution in [2.75, 3.05) is 19.7 Å². The third kappa shape index (κ3) is 2.18. The molecule has 1 N–H and O–H groups in total. The zero-order valence-electron chi connectivity index (χ0n) is 8.96. The van der Waals surface area contributed by atoms with Gasteiger partial charge in [0.15, 0.2) is 6.33 Å². The Bertz CT molecular complexity index is 283. The standard InChI is InChI=1S/C10H17N3O2/c1-2-3-9(10-11-7-12-15-10)13-4-8(5-13)6-14/h7-9,14H,2-6H2,1H3. The Labute approximate surface area is 89.1 Å². The second-order valence-electron chi connectivity index (χ2n) is 4.09. The zero-order chi connectivity index (χ0) is 10.7. The number of aromatic nitrogens is 2. The average Bonchev–Trinajstić information content (AvgIpc) is 2.67. The lowest BCUT2D eigenvalue weighted by Gasteiger charge is -2.42. The summed E-state index contributed by atoms with van der Waals surface area (Å²) >= 11 is 0. The number of likely N-dealkylation sites (tertiary alicyclic amines) is 1. The summed E-state index contributed by atoms with van der Waals surface area (Å²) in [5.74, 6) is 1.13. The first kappa shape index (κ1) is 10.6. The first-order chi connectivity index (χ1) is 7.35. The van der Waals surface area contributed by atoms with E-state index in [4.69, 9.17) is 9.63 Å². The van der Waals surface area contributed by atoms with Gasteiger partial charge in [0.05, 0.1) is 6.04 Å². The van der Waals surface area contributed by atoms with E-state index < -0.39 is 0 Å². The second kappa shape index (κ2) is 4.72. The van der Waals surface area contributed by atoms with E-state index in [2.05, 4.69) is 22.0 Å². The molecule has 0 aliphatic carbocycles. The largest absolute Gasteiger partial charge is 0.396 e. The van der Waals surface area contributed by atoms with Gasteiger partial charge in [-0.25, -0.2) is 0 Å². The van der Waals surface area contributed by atoms with Crippen LogP contribution in [0.5, 0.6) is 0 Å². The quantitative estimate of drug-likeness (QED) is 0.781. The van der Waals surface area contributed by atoms with Crippen molar-refractivity contribution in [1.82, 2.24) is 15.0 Å². The Morgan fingerprint density at radius 1 is 1.67 bits per heavy atom. The third-order valence-electron chi connectivity index (χ3n) is 2.91. The molecule has 0 aromatic carbocycles. The number of hydrogen-bond acceptors (Lipinski definition) is 5. The van der Waals surface area contributed by atoms with Crippen LogP contribution in [0.1, 0.15) is 31.7 Å². The highest BCUT2D eigenvalue weighted by atomic mass is 16.5. The van der Waals surface area contributed by atoms with Crippen LogP contribution in [0, 0.1) is 5.92 Å². The van der Waals surface area contributed by atoms with Crippen molar-refractivity contribution in [3.8, 4) is 0 Å². The maximum Gasteiger partial charge on any atom is 0.243 e. The summed E-state index contributed by atoms with van der Waals surface area (Å²) in [4.78, 5) is 6.40. The van der Waals surface area contributed by atoms with Crippen LogP contribution in [0.4, 0.5) is 0 Å². The van der Waals surface area contributed by atoms with Gasteiger partial charge in [0.2, 0.25) is 5.89 Å². The van der Waals surface area contributed by atoms with Crippen molar-refractivity contribution in [1.29, 1.82) is 0 Å². The van der Waals surface area contributed by atoms with Gasteiger partial charge in [-0.15, -0.1) is 0 Å². The predicted molar refractivity (Wildman–Crippen MR) is 54.1 cm³/mol. The van der Waals surface area contributed by atoms with E-state index in [0.29, 0.717) is 11.8 Å². The molecule has 0 spiro atoms. The van der Waals surface area contributed by atoms with Crippen molar-refractivity contribution >= 4 is 0 Å². The lowest BCUT2D eigenvalue weighted by Crippen LogP contribution is -2.49. The van der Waals surface area contributed by atoms with Crippen LogP contribution in [0.2, 0.25) is 0 Å². The third-order valence-corrected chi connectivity index (χ3v) is 2.91. The minimum atomic E-state index is 0.236. The number of aliphatic hydroxyl groups excluding tert-OH is 1. The second-order valence-corrected chi connectivity index (χ2v) is 4.09. The SMILES string of the molecule is CCCC(c1ncno1)N1CC(CO)C1. The molecule has 5 heteroatoms. The van der Waals surface area contributed by atoms with Crippen LogP contribution in [-0.4, -0.2) is 39.8 Å². The van der Waals surface area contributed by atoms with Gasteiger partial charge in [0.1, 0.15) is 0 Å². The Kier molecular flexibility index (Phi) is 3.33. The van der Waals surface area contributed by atoms with Crippen LogP contribution in [0.15, 0.2) is 10.9 Å². The molecule has 84 valence electrons. The summed E-state index contributed by atoms with van der Waals surface area (Å²) in [7, 11) is 0. The maximum absolute atomic E-state index is 8.97. The molecule has 1 fully saturated rings. The van der Waals surface area contributed by atoms with E-state index in [0.717, 1.165) is 25.9 Å². The van der Waals surface area contributed by atoms with Crippen LogP contribution in [-0.2, 0) is 0 Å². The summed E-state index contributed by atoms with van der Waals surface area (Å²) in [5.41, 5.74) is 0. The molecular formula is C10H17N3O2. The Morgan fingerprint density at radius 3 is 3.00 bits per heavy atom. The molecule has 1 saturated heterocycles. The van der Waals surface area contributed by atoms with Crippen LogP contribution in [0.3, 0.4) is 0 Å². The highest BCUT2D eigenvalue weighted by Gasteiger charge is 2.34. The highest BCUT2D eigenvalue weighted by Crippen LogP contribution is 2.30. The summed E-state index contributed by atoms with van der Waals surface area (Å²) in [6.07, 6.45) is 3.56. The molecule has 15 heavy (non-hydrogen) atoms. The van der Waals surface area contributed by atoms with E-state index in [1.165, 1.54) is 6.33 Å². The van der Waals surface area contributed by atoms with Crippen molar-refractivity contribution in [3.05, 3.63) is 12.2 Å². The molecule has 1 atom stereocenters. The van der Waals surface area contributed by atoms with Gasteiger partial charge in [-0.3, -0.25) is 4.90 Å². The van der Waals surface area contributed by atoms with Crippen LogP contribution in [0.25, 0.3) is 0 Å². The van der Waals surface area contributed by atoms with Gasteiger partial charge in [-0.2, -0.15) is 4.98 Å². The monoisotopic (exact) mass is 211 g/mol. The molecule has 0 bridgehead atoms. The maximum atomic E-state index is 8.97. The summed E-state index contributed by atoms with van der Waals surface area (Å²) in [6.45, 7) is 4.29. The van der Waals surface area contributed by atoms with Crippen molar-refractivity contribution in [2.24, 2.45) is 5.92 Å². The Hall–Kier alpha value is -0.940. The molecule has 2 rings (SSSR count). The molecule has 0 saturated carbocycles. The Balaban J connectivity index is 1.96. The van der Waals surface area contributed by atoms with Gasteiger partial charge in [-0.1, -0.05) is 18.5 Å². The zero-order valence-corrected chi connectivity index (χ0v) is 8.96. The fourth-order valence-electron chi connectivity index (χ4n) is 2.04. The molecule has 1 aromatic rings. The van der Waals surface area contributed by atoms with Gasteiger partial charge in [-0.05, 0) is 6.42 Å². The van der Waals surface area contributed by atoms with Crippen molar-refractivity contribution in [2.45, 2.75) is 25.8 Å². The molecule has 2 heterocycles. The minimum Gasteiger partial charge on any atom is -0.396 e. The topological polar surface area (TPSA) is 62.4 Å². The van der Waals surface area contributed by atoms with E-state index in [9.17, 15) is 0 Å². The fraction of sp³-hybridized carbons (Fsp3) is 0.800. The normalized spacial score (nSPS) is 20.1. The van der Waals surface area contributed by atoms with E-state index >= 15 is 0 Å². The molecule has 1 aliphatic rings. The fourth-order valence-corrected chi connectivity index (χ4v) is 2.04. The molecule has 1 aromatic heterocycles. The number of aliphatic hydroxyl groups is 1. The Morgan fingerprint density at radius 2 is 2.47 bits per heavy atom. The summed E-state index contributed by atoms with van der Waals surface area (Å²) in [6, 6.07) is 0.236. The number of nitrogens with zero attached hydrogens (tertiary/aromatic N) is 3. The van der Waals surface area contributed by atoms with Gasteiger partial charge in [0.25, 0.3) is 0 Å². The highest BCUT2D eigenvalue weighted by molar-refractivity contribution is 4.94. The molecule has 1 aliphatic heterocycles. The van der Waals surface area contributed by atoms with Gasteiger partial charge >= 0.3 is 0 Å². The van der Waals surface area contributed by atoms with Gasteiger partial charge in [0, 0.05) is 25.6 Å². The lowest BCUT2D eigenvalue weighted by molar-refractivity contribution is 0.00473. The first-order valence-electron chi connectivity index (χ1n) is 5.46. The molecule has 1 unspecified atom stereocenters. The number of hydrogen-bond donors (Lipinski definition) is 1.